The van der Waals surface area contributed by atoms with Crippen LogP contribution in [0.3, 0.4) is 0 Å². The summed E-state index contributed by atoms with van der Waals surface area (Å²) < 4.78 is 18.6. The van der Waals surface area contributed by atoms with Gasteiger partial charge in [-0.1, -0.05) is 11.6 Å². The highest BCUT2D eigenvalue weighted by molar-refractivity contribution is 6.32. The zero-order valence-corrected chi connectivity index (χ0v) is 13.2. The number of amides is 1. The molecule has 2 aliphatic heterocycles. The van der Waals surface area contributed by atoms with Crippen molar-refractivity contribution in [2.75, 3.05) is 0 Å². The van der Waals surface area contributed by atoms with Crippen LogP contribution in [0, 0.1) is 5.82 Å². The van der Waals surface area contributed by atoms with Gasteiger partial charge in [-0.05, 0) is 50.8 Å². The molecule has 6 heteroatoms. The molecule has 2 saturated heterocycles. The molecule has 2 aliphatic rings. The molecule has 22 heavy (non-hydrogen) atoms. The standard InChI is InChI=1S/C16H20ClFN2O2/c1-9(22-15-5-2-10(18)6-14(15)17)16(21)20-13-7-11-3-4-12(8-13)19-11/h2,5-6,9,11-13,19H,3-4,7-8H2,1H3,(H,20,21). The Morgan fingerprint density at radius 3 is 2.73 bits per heavy atom. The molecule has 2 bridgehead atoms. The first-order valence-electron chi connectivity index (χ1n) is 7.69. The molecule has 0 radical (unpaired) electrons. The number of benzene rings is 1. The van der Waals surface area contributed by atoms with E-state index in [9.17, 15) is 9.18 Å². The molecule has 0 saturated carbocycles. The van der Waals surface area contributed by atoms with Crippen molar-refractivity contribution in [2.24, 2.45) is 0 Å². The molecule has 1 amide bonds. The van der Waals surface area contributed by atoms with Crippen molar-refractivity contribution in [3.8, 4) is 5.75 Å². The maximum Gasteiger partial charge on any atom is 0.260 e. The first-order chi connectivity index (χ1) is 10.5. The SMILES string of the molecule is CC(Oc1ccc(F)cc1Cl)C(=O)NC1CC2CCC(C1)N2. The smallest absolute Gasteiger partial charge is 0.260 e. The van der Waals surface area contributed by atoms with E-state index in [0.717, 1.165) is 12.8 Å². The van der Waals surface area contributed by atoms with Crippen molar-refractivity contribution in [1.82, 2.24) is 10.6 Å². The van der Waals surface area contributed by atoms with Crippen LogP contribution >= 0.6 is 11.6 Å². The summed E-state index contributed by atoms with van der Waals surface area (Å²) in [4.78, 5) is 12.3. The van der Waals surface area contributed by atoms with Gasteiger partial charge in [0.25, 0.3) is 5.91 Å². The van der Waals surface area contributed by atoms with Crippen LogP contribution in [-0.2, 0) is 4.79 Å². The predicted molar refractivity (Wildman–Crippen MR) is 82.6 cm³/mol. The fourth-order valence-corrected chi connectivity index (χ4v) is 3.52. The van der Waals surface area contributed by atoms with Gasteiger partial charge in [0.2, 0.25) is 0 Å². The van der Waals surface area contributed by atoms with Gasteiger partial charge in [-0.25, -0.2) is 4.39 Å². The van der Waals surface area contributed by atoms with E-state index in [0.29, 0.717) is 17.8 Å². The third kappa shape index (κ3) is 3.52. The van der Waals surface area contributed by atoms with Gasteiger partial charge in [-0.15, -0.1) is 0 Å². The number of rotatable bonds is 4. The Hall–Kier alpha value is -1.33. The van der Waals surface area contributed by atoms with Gasteiger partial charge in [-0.3, -0.25) is 4.79 Å². The number of fused-ring (bicyclic) bond motifs is 2. The van der Waals surface area contributed by atoms with Crippen LogP contribution in [0.1, 0.15) is 32.6 Å². The Kier molecular flexibility index (Phi) is 4.54. The molecule has 3 unspecified atom stereocenters. The molecule has 3 atom stereocenters. The highest BCUT2D eigenvalue weighted by atomic mass is 35.5. The molecule has 0 aliphatic carbocycles. The van der Waals surface area contributed by atoms with E-state index < -0.39 is 11.9 Å². The number of hydrogen-bond acceptors (Lipinski definition) is 3. The van der Waals surface area contributed by atoms with Crippen molar-refractivity contribution >= 4 is 17.5 Å². The van der Waals surface area contributed by atoms with Gasteiger partial charge in [0.1, 0.15) is 11.6 Å². The van der Waals surface area contributed by atoms with Crippen LogP contribution in [0.25, 0.3) is 0 Å². The summed E-state index contributed by atoms with van der Waals surface area (Å²) in [5, 5.41) is 6.76. The minimum atomic E-state index is -0.671. The zero-order valence-electron chi connectivity index (χ0n) is 12.4. The maximum absolute atomic E-state index is 13.0. The minimum absolute atomic E-state index is 0.160. The second-order valence-electron chi connectivity index (χ2n) is 6.15. The van der Waals surface area contributed by atoms with Crippen LogP contribution in [0.5, 0.6) is 5.75 Å². The first kappa shape index (κ1) is 15.6. The maximum atomic E-state index is 13.0. The molecule has 3 rings (SSSR count). The lowest BCUT2D eigenvalue weighted by Crippen LogP contribution is -2.50. The van der Waals surface area contributed by atoms with Crippen molar-refractivity contribution in [2.45, 2.75) is 56.8 Å². The van der Waals surface area contributed by atoms with Crippen molar-refractivity contribution in [3.63, 3.8) is 0 Å². The molecule has 1 aromatic carbocycles. The molecular weight excluding hydrogens is 307 g/mol. The molecule has 0 aromatic heterocycles. The van der Waals surface area contributed by atoms with Crippen LogP contribution in [0.15, 0.2) is 18.2 Å². The lowest BCUT2D eigenvalue weighted by molar-refractivity contribution is -0.128. The molecular formula is C16H20ClFN2O2. The summed E-state index contributed by atoms with van der Waals surface area (Å²) in [5.41, 5.74) is 0. The number of carbonyl (C=O) groups is 1. The molecule has 1 aromatic rings. The predicted octanol–water partition coefficient (Wildman–Crippen LogP) is 2.65. The molecule has 4 nitrogen and oxygen atoms in total. The van der Waals surface area contributed by atoms with E-state index in [1.807, 2.05) is 0 Å². The van der Waals surface area contributed by atoms with Gasteiger partial charge in [0.05, 0.1) is 5.02 Å². The zero-order chi connectivity index (χ0) is 15.7. The summed E-state index contributed by atoms with van der Waals surface area (Å²) in [6.45, 7) is 1.67. The van der Waals surface area contributed by atoms with Gasteiger partial charge in [-0.2, -0.15) is 0 Å². The number of piperidine rings is 1. The minimum Gasteiger partial charge on any atom is -0.479 e. The molecule has 2 heterocycles. The fourth-order valence-electron chi connectivity index (χ4n) is 3.31. The Morgan fingerprint density at radius 1 is 1.41 bits per heavy atom. The second kappa shape index (κ2) is 6.42. The topological polar surface area (TPSA) is 50.4 Å². The molecule has 0 spiro atoms. The Labute approximate surface area is 134 Å². The van der Waals surface area contributed by atoms with Gasteiger partial charge >= 0.3 is 0 Å². The van der Waals surface area contributed by atoms with Gasteiger partial charge in [0.15, 0.2) is 6.10 Å². The second-order valence-corrected chi connectivity index (χ2v) is 6.56. The molecule has 2 N–H and O–H groups in total. The molecule has 2 fully saturated rings. The van der Waals surface area contributed by atoms with Crippen LogP contribution < -0.4 is 15.4 Å². The third-order valence-electron chi connectivity index (χ3n) is 4.39. The van der Waals surface area contributed by atoms with Crippen molar-refractivity contribution < 1.29 is 13.9 Å². The Morgan fingerprint density at radius 2 is 2.09 bits per heavy atom. The largest absolute Gasteiger partial charge is 0.479 e. The van der Waals surface area contributed by atoms with Crippen LogP contribution in [0.2, 0.25) is 5.02 Å². The first-order valence-corrected chi connectivity index (χ1v) is 8.07. The van der Waals surface area contributed by atoms with E-state index in [1.165, 1.54) is 31.0 Å². The summed E-state index contributed by atoms with van der Waals surface area (Å²) >= 11 is 5.91. The fraction of sp³-hybridized carbons (Fsp3) is 0.562. The van der Waals surface area contributed by atoms with E-state index in [2.05, 4.69) is 10.6 Å². The summed E-state index contributed by atoms with van der Waals surface area (Å²) in [7, 11) is 0. The number of ether oxygens (including phenoxy) is 1. The Bertz CT molecular complexity index is 557. The van der Waals surface area contributed by atoms with E-state index in [4.69, 9.17) is 16.3 Å². The van der Waals surface area contributed by atoms with E-state index >= 15 is 0 Å². The molecule has 120 valence electrons. The Balaban J connectivity index is 1.55. The normalized spacial score (nSPS) is 28.2. The van der Waals surface area contributed by atoms with Gasteiger partial charge in [0, 0.05) is 18.1 Å². The van der Waals surface area contributed by atoms with Crippen molar-refractivity contribution in [3.05, 3.63) is 29.0 Å². The van der Waals surface area contributed by atoms with Gasteiger partial charge < -0.3 is 15.4 Å². The van der Waals surface area contributed by atoms with Crippen LogP contribution in [0.4, 0.5) is 4.39 Å². The van der Waals surface area contributed by atoms with E-state index in [1.54, 1.807) is 6.92 Å². The summed E-state index contributed by atoms with van der Waals surface area (Å²) in [6.07, 6.45) is 3.64. The van der Waals surface area contributed by atoms with Crippen LogP contribution in [-0.4, -0.2) is 30.1 Å². The highest BCUT2D eigenvalue weighted by Gasteiger charge is 2.34. The lowest BCUT2D eigenvalue weighted by atomic mass is 9.99. The summed E-state index contributed by atoms with van der Waals surface area (Å²) in [5.74, 6) is -0.276. The number of hydrogen-bond donors (Lipinski definition) is 2. The van der Waals surface area contributed by atoms with E-state index in [-0.39, 0.29) is 17.0 Å². The number of halogens is 2. The lowest BCUT2D eigenvalue weighted by Gasteiger charge is -2.30. The number of nitrogens with one attached hydrogen (secondary N) is 2. The summed E-state index contributed by atoms with van der Waals surface area (Å²) in [6, 6.07) is 5.11. The number of carbonyl (C=O) groups excluding carboxylic acids is 1. The average molecular weight is 327 g/mol. The third-order valence-corrected chi connectivity index (χ3v) is 4.68. The quantitative estimate of drug-likeness (QED) is 0.894. The highest BCUT2D eigenvalue weighted by Crippen LogP contribution is 2.28. The average Bonchev–Trinajstić information content (AvgIpc) is 2.81. The monoisotopic (exact) mass is 326 g/mol. The van der Waals surface area contributed by atoms with Crippen molar-refractivity contribution in [1.29, 1.82) is 0 Å².